The van der Waals surface area contributed by atoms with E-state index >= 15 is 0 Å². The zero-order valence-corrected chi connectivity index (χ0v) is 32.5. The number of hydrogen-bond donors (Lipinski definition) is 5. The zero-order chi connectivity index (χ0) is 35.8. The molecule has 2 aromatic heterocycles. The number of ether oxygens (including phenoxy) is 1. The fourth-order valence-electron chi connectivity index (χ4n) is 7.98. The van der Waals surface area contributed by atoms with Crippen molar-refractivity contribution in [2.45, 2.75) is 82.1 Å². The summed E-state index contributed by atoms with van der Waals surface area (Å²) in [7, 11) is 1.40. The SMILES string of the molecule is COC(=O)c1ccc(CN[C@@H]2CCCc3c2[nH]c2ccc(Br)cc32)cc1.OC1(c2ccc(CN[C@@H]3CCCc4c3[nH]c3ccc(Br)cc43)cc2)CC1. The van der Waals surface area contributed by atoms with Gasteiger partial charge in [0.05, 0.1) is 18.3 Å². The van der Waals surface area contributed by atoms with E-state index in [1.54, 1.807) is 0 Å². The van der Waals surface area contributed by atoms with Crippen molar-refractivity contribution in [3.63, 3.8) is 0 Å². The molecule has 0 bridgehead atoms. The highest BCUT2D eigenvalue weighted by Gasteiger charge is 2.41. The lowest BCUT2D eigenvalue weighted by Crippen LogP contribution is -2.24. The number of halogens is 2. The molecule has 1 fully saturated rings. The number of aromatic amines is 2. The second kappa shape index (κ2) is 15.0. The topological polar surface area (TPSA) is 102 Å². The molecule has 2 heterocycles. The van der Waals surface area contributed by atoms with Crippen LogP contribution in [0.1, 0.15) is 100 Å². The van der Waals surface area contributed by atoms with Crippen LogP contribution in [0, 0.1) is 0 Å². The number of aromatic nitrogens is 2. The monoisotopic (exact) mass is 822 g/mol. The quantitative estimate of drug-likeness (QED) is 0.0985. The Balaban J connectivity index is 0.000000149. The average Bonchev–Trinajstić information content (AvgIpc) is 3.66. The van der Waals surface area contributed by atoms with E-state index in [1.165, 1.54) is 76.3 Å². The molecule has 7 nitrogen and oxygen atoms in total. The number of rotatable bonds is 8. The number of esters is 1. The minimum Gasteiger partial charge on any atom is -0.465 e. The molecule has 52 heavy (non-hydrogen) atoms. The first-order chi connectivity index (χ1) is 25.3. The van der Waals surface area contributed by atoms with Crippen LogP contribution in [0.2, 0.25) is 0 Å². The van der Waals surface area contributed by atoms with Gasteiger partial charge in [-0.05, 0) is 128 Å². The van der Waals surface area contributed by atoms with E-state index in [1.807, 2.05) is 24.3 Å². The summed E-state index contributed by atoms with van der Waals surface area (Å²) < 4.78 is 7.00. The summed E-state index contributed by atoms with van der Waals surface area (Å²) in [6.45, 7) is 1.62. The number of carbonyl (C=O) groups excluding carboxylic acids is 1. The van der Waals surface area contributed by atoms with Crippen molar-refractivity contribution in [2.75, 3.05) is 7.11 Å². The Morgan fingerprint density at radius 1 is 0.750 bits per heavy atom. The van der Waals surface area contributed by atoms with Crippen molar-refractivity contribution in [2.24, 2.45) is 0 Å². The van der Waals surface area contributed by atoms with Gasteiger partial charge in [-0.3, -0.25) is 0 Å². The highest BCUT2D eigenvalue weighted by molar-refractivity contribution is 9.10. The number of fused-ring (bicyclic) bond motifs is 6. The molecule has 0 saturated heterocycles. The van der Waals surface area contributed by atoms with Gasteiger partial charge in [0.1, 0.15) is 0 Å². The van der Waals surface area contributed by atoms with Crippen molar-refractivity contribution >= 4 is 59.6 Å². The molecule has 4 aromatic carbocycles. The highest BCUT2D eigenvalue weighted by Crippen LogP contribution is 2.45. The molecule has 1 saturated carbocycles. The predicted molar refractivity (Wildman–Crippen MR) is 214 cm³/mol. The Kier molecular flexibility index (Phi) is 10.2. The second-order valence-electron chi connectivity index (χ2n) is 14.5. The molecule has 6 aromatic rings. The maximum absolute atomic E-state index is 11.5. The number of aliphatic hydroxyl groups is 1. The lowest BCUT2D eigenvalue weighted by atomic mass is 9.91. The van der Waals surface area contributed by atoms with Crippen molar-refractivity contribution in [1.82, 2.24) is 20.6 Å². The molecule has 3 aliphatic carbocycles. The van der Waals surface area contributed by atoms with Gasteiger partial charge in [-0.2, -0.15) is 0 Å². The Labute approximate surface area is 321 Å². The third kappa shape index (κ3) is 7.39. The molecule has 0 unspecified atom stereocenters. The summed E-state index contributed by atoms with van der Waals surface area (Å²) in [6.07, 6.45) is 8.76. The Hall–Kier alpha value is -3.73. The van der Waals surface area contributed by atoms with Crippen LogP contribution in [0.15, 0.2) is 93.9 Å². The van der Waals surface area contributed by atoms with Crippen LogP contribution in [-0.2, 0) is 36.3 Å². The van der Waals surface area contributed by atoms with Gasteiger partial charge in [0.15, 0.2) is 0 Å². The summed E-state index contributed by atoms with van der Waals surface area (Å²) in [5, 5.41) is 20.3. The fourth-order valence-corrected chi connectivity index (χ4v) is 8.70. The van der Waals surface area contributed by atoms with Crippen LogP contribution < -0.4 is 10.6 Å². The number of carbonyl (C=O) groups is 1. The first kappa shape index (κ1) is 35.3. The number of H-pyrrole nitrogens is 2. The molecule has 0 aliphatic heterocycles. The van der Waals surface area contributed by atoms with Crippen molar-refractivity contribution in [3.8, 4) is 0 Å². The van der Waals surface area contributed by atoms with Gasteiger partial charge in [0.2, 0.25) is 0 Å². The summed E-state index contributed by atoms with van der Waals surface area (Å²) in [5.41, 5.74) is 11.5. The number of methoxy groups -OCH3 is 1. The summed E-state index contributed by atoms with van der Waals surface area (Å²) >= 11 is 7.18. The van der Waals surface area contributed by atoms with E-state index in [2.05, 4.69) is 113 Å². The molecule has 0 spiro atoms. The molecule has 268 valence electrons. The standard InChI is InChI=1S/C22H23BrN2O.C21H21BrN2O2/c23-16-8-9-19-18(12-16)17-2-1-3-20(21(17)25-19)24-13-14-4-6-15(7-5-14)22(26)10-11-22;1-26-21(25)14-7-5-13(6-8-14)12-23-19-4-2-3-16-17-11-15(22)9-10-18(17)24-20(16)19/h4-9,12,20,24-26H,1-3,10-11,13H2;5-11,19,23-24H,2-4,12H2,1H3/t20-;19-/m11/s1. The number of hydrogen-bond acceptors (Lipinski definition) is 5. The molecule has 0 radical (unpaired) electrons. The van der Waals surface area contributed by atoms with Crippen LogP contribution in [0.4, 0.5) is 0 Å². The first-order valence-corrected chi connectivity index (χ1v) is 19.9. The van der Waals surface area contributed by atoms with Gasteiger partial charge in [-0.25, -0.2) is 4.79 Å². The molecule has 3 aliphatic rings. The molecular formula is C43H44Br2N4O3. The van der Waals surface area contributed by atoms with Crippen LogP contribution in [-0.4, -0.2) is 28.2 Å². The van der Waals surface area contributed by atoms with Crippen molar-refractivity contribution in [1.29, 1.82) is 0 Å². The molecule has 2 atom stereocenters. The highest BCUT2D eigenvalue weighted by atomic mass is 79.9. The second-order valence-corrected chi connectivity index (χ2v) is 16.3. The van der Waals surface area contributed by atoms with E-state index in [0.29, 0.717) is 17.6 Å². The minimum absolute atomic E-state index is 0.300. The first-order valence-electron chi connectivity index (χ1n) is 18.3. The van der Waals surface area contributed by atoms with E-state index in [0.717, 1.165) is 65.3 Å². The maximum atomic E-state index is 11.5. The largest absolute Gasteiger partial charge is 0.465 e. The lowest BCUT2D eigenvalue weighted by molar-refractivity contribution is 0.0600. The number of benzene rings is 4. The van der Waals surface area contributed by atoms with E-state index in [9.17, 15) is 9.90 Å². The van der Waals surface area contributed by atoms with Crippen LogP contribution in [0.3, 0.4) is 0 Å². The van der Waals surface area contributed by atoms with Gasteiger partial charge in [-0.1, -0.05) is 68.3 Å². The third-order valence-corrected chi connectivity index (χ3v) is 12.0. The molecule has 0 amide bonds. The van der Waals surface area contributed by atoms with Gasteiger partial charge >= 0.3 is 5.97 Å². The van der Waals surface area contributed by atoms with Gasteiger partial charge < -0.3 is 30.4 Å². The fraction of sp³-hybridized carbons (Fsp3) is 0.326. The summed E-state index contributed by atoms with van der Waals surface area (Å²) in [6, 6.07) is 29.6. The Bertz CT molecular complexity index is 2220. The van der Waals surface area contributed by atoms with Crippen LogP contribution in [0.5, 0.6) is 0 Å². The normalized spacial score (nSPS) is 18.7. The third-order valence-electron chi connectivity index (χ3n) is 11.0. The van der Waals surface area contributed by atoms with E-state index in [4.69, 9.17) is 4.74 Å². The Morgan fingerprint density at radius 3 is 1.69 bits per heavy atom. The van der Waals surface area contributed by atoms with Gasteiger partial charge in [-0.15, -0.1) is 0 Å². The molecule has 9 rings (SSSR count). The molecule has 9 heteroatoms. The Morgan fingerprint density at radius 2 is 1.23 bits per heavy atom. The summed E-state index contributed by atoms with van der Waals surface area (Å²) in [4.78, 5) is 18.8. The van der Waals surface area contributed by atoms with E-state index < -0.39 is 5.60 Å². The number of nitrogens with one attached hydrogen (secondary N) is 4. The summed E-state index contributed by atoms with van der Waals surface area (Å²) in [5.74, 6) is -0.300. The van der Waals surface area contributed by atoms with Gasteiger partial charge in [0.25, 0.3) is 0 Å². The maximum Gasteiger partial charge on any atom is 0.337 e. The van der Waals surface area contributed by atoms with Crippen molar-refractivity contribution < 1.29 is 14.6 Å². The number of aryl methyl sites for hydroxylation is 2. The predicted octanol–water partition coefficient (Wildman–Crippen LogP) is 9.96. The van der Waals surface area contributed by atoms with E-state index in [-0.39, 0.29) is 5.97 Å². The lowest BCUT2D eigenvalue weighted by Gasteiger charge is -2.24. The van der Waals surface area contributed by atoms with Crippen LogP contribution >= 0.6 is 31.9 Å². The minimum atomic E-state index is -0.539. The smallest absolute Gasteiger partial charge is 0.337 e. The van der Waals surface area contributed by atoms with Gasteiger partial charge in [0, 0.05) is 67.3 Å². The molecular weight excluding hydrogens is 780 g/mol. The van der Waals surface area contributed by atoms with Crippen LogP contribution in [0.25, 0.3) is 21.8 Å². The molecule has 5 N–H and O–H groups in total. The van der Waals surface area contributed by atoms with Crippen molar-refractivity contribution in [3.05, 3.63) is 139 Å². The average molecular weight is 825 g/mol. The zero-order valence-electron chi connectivity index (χ0n) is 29.3.